The van der Waals surface area contributed by atoms with Crippen molar-refractivity contribution in [2.24, 2.45) is 0 Å². The maximum atomic E-state index is 12.1. The molecule has 0 aliphatic heterocycles. The first kappa shape index (κ1) is 16.5. The van der Waals surface area contributed by atoms with Crippen molar-refractivity contribution in [2.75, 3.05) is 22.5 Å². The molecule has 2 aromatic rings. The molecule has 3 N–H and O–H groups in total. The summed E-state index contributed by atoms with van der Waals surface area (Å²) in [5.41, 5.74) is 2.56. The van der Waals surface area contributed by atoms with E-state index in [2.05, 4.69) is 27.9 Å². The van der Waals surface area contributed by atoms with E-state index in [4.69, 9.17) is 0 Å². The predicted molar refractivity (Wildman–Crippen MR) is 91.7 cm³/mol. The van der Waals surface area contributed by atoms with E-state index in [0.717, 1.165) is 18.7 Å². The molecule has 0 fully saturated rings. The fourth-order valence-corrected chi connectivity index (χ4v) is 1.94. The lowest BCUT2D eigenvalue weighted by Gasteiger charge is -2.08. The summed E-state index contributed by atoms with van der Waals surface area (Å²) in [5, 5.41) is 8.64. The topological polar surface area (TPSA) is 83.1 Å². The van der Waals surface area contributed by atoms with Crippen LogP contribution < -0.4 is 16.0 Å². The Morgan fingerprint density at radius 1 is 0.957 bits per heavy atom. The van der Waals surface area contributed by atoms with Gasteiger partial charge in [0.25, 0.3) is 5.91 Å². The lowest BCUT2D eigenvalue weighted by atomic mass is 10.2. The highest BCUT2D eigenvalue weighted by molar-refractivity contribution is 6.03. The first-order valence-electron chi connectivity index (χ1n) is 7.47. The standard InChI is InChI=1S/C17H20N4O2/c1-3-10-18-15-8-9-16(19-11-15)17(23)21-14-6-4-13(5-7-14)20-12(2)22/h4-9,11,18H,3,10H2,1-2H3,(H,20,22)(H,21,23). The molecule has 6 nitrogen and oxygen atoms in total. The first-order valence-corrected chi connectivity index (χ1v) is 7.47. The third kappa shape index (κ3) is 5.10. The molecule has 23 heavy (non-hydrogen) atoms. The quantitative estimate of drug-likeness (QED) is 0.765. The molecule has 6 heteroatoms. The van der Waals surface area contributed by atoms with Crippen LogP contribution in [0.15, 0.2) is 42.6 Å². The molecular formula is C17H20N4O2. The molecule has 0 atom stereocenters. The van der Waals surface area contributed by atoms with Gasteiger partial charge in [-0.25, -0.2) is 4.98 Å². The molecule has 1 heterocycles. The highest BCUT2D eigenvalue weighted by Crippen LogP contribution is 2.15. The molecule has 1 aromatic carbocycles. The Morgan fingerprint density at radius 2 is 1.57 bits per heavy atom. The van der Waals surface area contributed by atoms with E-state index >= 15 is 0 Å². The number of nitrogens with zero attached hydrogens (tertiary/aromatic N) is 1. The Bertz CT molecular complexity index is 666. The second kappa shape index (κ2) is 7.93. The van der Waals surface area contributed by atoms with Gasteiger partial charge in [0.15, 0.2) is 0 Å². The minimum atomic E-state index is -0.278. The Morgan fingerprint density at radius 3 is 2.09 bits per heavy atom. The van der Waals surface area contributed by atoms with Gasteiger partial charge in [-0.15, -0.1) is 0 Å². The van der Waals surface area contributed by atoms with Gasteiger partial charge in [-0.1, -0.05) is 6.92 Å². The number of carbonyl (C=O) groups is 2. The lowest BCUT2D eigenvalue weighted by molar-refractivity contribution is -0.114. The Kier molecular flexibility index (Phi) is 5.68. The minimum absolute atomic E-state index is 0.136. The van der Waals surface area contributed by atoms with Crippen molar-refractivity contribution in [2.45, 2.75) is 20.3 Å². The number of amides is 2. The third-order valence-electron chi connectivity index (χ3n) is 3.04. The van der Waals surface area contributed by atoms with Gasteiger partial charge in [0.2, 0.25) is 5.91 Å². The van der Waals surface area contributed by atoms with Gasteiger partial charge in [-0.2, -0.15) is 0 Å². The molecule has 0 bridgehead atoms. The van der Waals surface area contributed by atoms with Crippen molar-refractivity contribution < 1.29 is 9.59 Å². The smallest absolute Gasteiger partial charge is 0.274 e. The van der Waals surface area contributed by atoms with E-state index in [9.17, 15) is 9.59 Å². The average molecular weight is 312 g/mol. The Hall–Kier alpha value is -2.89. The van der Waals surface area contributed by atoms with Crippen molar-refractivity contribution in [3.8, 4) is 0 Å². The van der Waals surface area contributed by atoms with Crippen LogP contribution in [0.3, 0.4) is 0 Å². The molecular weight excluding hydrogens is 292 g/mol. The van der Waals surface area contributed by atoms with Crippen LogP contribution in [0.2, 0.25) is 0 Å². The Balaban J connectivity index is 1.96. The molecule has 0 spiro atoms. The summed E-state index contributed by atoms with van der Waals surface area (Å²) in [4.78, 5) is 27.3. The van der Waals surface area contributed by atoms with Crippen LogP contribution >= 0.6 is 0 Å². The molecule has 0 unspecified atom stereocenters. The van der Waals surface area contributed by atoms with E-state index in [0.29, 0.717) is 17.1 Å². The highest BCUT2D eigenvalue weighted by atomic mass is 16.2. The molecule has 2 rings (SSSR count). The van der Waals surface area contributed by atoms with Gasteiger partial charge >= 0.3 is 0 Å². The van der Waals surface area contributed by atoms with Gasteiger partial charge in [-0.05, 0) is 42.8 Å². The monoisotopic (exact) mass is 312 g/mol. The van der Waals surface area contributed by atoms with Crippen LogP contribution in [0.25, 0.3) is 0 Å². The van der Waals surface area contributed by atoms with Crippen LogP contribution in [0, 0.1) is 0 Å². The number of pyridine rings is 1. The second-order valence-electron chi connectivity index (χ2n) is 5.07. The van der Waals surface area contributed by atoms with Gasteiger partial charge < -0.3 is 16.0 Å². The summed E-state index contributed by atoms with van der Waals surface area (Å²) in [6, 6.07) is 10.4. The number of hydrogen-bond donors (Lipinski definition) is 3. The number of carbonyl (C=O) groups excluding carboxylic acids is 2. The van der Waals surface area contributed by atoms with E-state index in [-0.39, 0.29) is 11.8 Å². The zero-order valence-corrected chi connectivity index (χ0v) is 13.2. The van der Waals surface area contributed by atoms with E-state index in [1.54, 1.807) is 36.5 Å². The normalized spacial score (nSPS) is 10.0. The number of rotatable bonds is 6. The fourth-order valence-electron chi connectivity index (χ4n) is 1.94. The summed E-state index contributed by atoms with van der Waals surface area (Å²) < 4.78 is 0. The van der Waals surface area contributed by atoms with Gasteiger partial charge in [-0.3, -0.25) is 9.59 Å². The van der Waals surface area contributed by atoms with Gasteiger partial charge in [0.05, 0.1) is 11.9 Å². The summed E-state index contributed by atoms with van der Waals surface area (Å²) in [7, 11) is 0. The highest BCUT2D eigenvalue weighted by Gasteiger charge is 2.07. The number of aromatic nitrogens is 1. The first-order chi connectivity index (χ1) is 11.1. The van der Waals surface area contributed by atoms with Crippen LogP contribution in [-0.2, 0) is 4.79 Å². The minimum Gasteiger partial charge on any atom is -0.384 e. The van der Waals surface area contributed by atoms with E-state index < -0.39 is 0 Å². The predicted octanol–water partition coefficient (Wildman–Crippen LogP) is 3.11. The molecule has 1 aromatic heterocycles. The molecule has 2 amide bonds. The van der Waals surface area contributed by atoms with Crippen molar-refractivity contribution in [3.63, 3.8) is 0 Å². The maximum absolute atomic E-state index is 12.1. The summed E-state index contributed by atoms with van der Waals surface area (Å²) in [5.74, 6) is -0.415. The molecule has 0 aliphatic rings. The molecule has 0 saturated heterocycles. The van der Waals surface area contributed by atoms with Crippen LogP contribution in [0.5, 0.6) is 0 Å². The summed E-state index contributed by atoms with van der Waals surface area (Å²) in [6.45, 7) is 4.40. The number of nitrogens with one attached hydrogen (secondary N) is 3. The van der Waals surface area contributed by atoms with Crippen molar-refractivity contribution in [3.05, 3.63) is 48.3 Å². The van der Waals surface area contributed by atoms with Crippen molar-refractivity contribution in [1.82, 2.24) is 4.98 Å². The van der Waals surface area contributed by atoms with Crippen LogP contribution in [0.4, 0.5) is 17.1 Å². The third-order valence-corrected chi connectivity index (χ3v) is 3.04. The fraction of sp³-hybridized carbons (Fsp3) is 0.235. The van der Waals surface area contributed by atoms with Crippen molar-refractivity contribution >= 4 is 28.9 Å². The zero-order chi connectivity index (χ0) is 16.7. The molecule has 0 saturated carbocycles. The van der Waals surface area contributed by atoms with Gasteiger partial charge in [0, 0.05) is 24.8 Å². The number of benzene rings is 1. The van der Waals surface area contributed by atoms with Crippen LogP contribution in [-0.4, -0.2) is 23.3 Å². The number of hydrogen-bond acceptors (Lipinski definition) is 4. The second-order valence-corrected chi connectivity index (χ2v) is 5.07. The van der Waals surface area contributed by atoms with E-state index in [1.807, 2.05) is 6.07 Å². The van der Waals surface area contributed by atoms with E-state index in [1.165, 1.54) is 6.92 Å². The van der Waals surface area contributed by atoms with Crippen LogP contribution in [0.1, 0.15) is 30.8 Å². The SMILES string of the molecule is CCCNc1ccc(C(=O)Nc2ccc(NC(C)=O)cc2)nc1. The molecule has 0 radical (unpaired) electrons. The van der Waals surface area contributed by atoms with Gasteiger partial charge in [0.1, 0.15) is 5.69 Å². The summed E-state index contributed by atoms with van der Waals surface area (Å²) >= 11 is 0. The Labute approximate surface area is 135 Å². The average Bonchev–Trinajstić information content (AvgIpc) is 2.54. The van der Waals surface area contributed by atoms with Crippen molar-refractivity contribution in [1.29, 1.82) is 0 Å². The maximum Gasteiger partial charge on any atom is 0.274 e. The number of anilines is 3. The largest absolute Gasteiger partial charge is 0.384 e. The summed E-state index contributed by atoms with van der Waals surface area (Å²) in [6.07, 6.45) is 2.67. The lowest BCUT2D eigenvalue weighted by Crippen LogP contribution is -2.14. The molecule has 0 aliphatic carbocycles. The zero-order valence-electron chi connectivity index (χ0n) is 13.2. The molecule has 120 valence electrons.